The smallest absolute Gasteiger partial charge is 0.305 e. The number of nitrogen functional groups attached to an aromatic ring is 1. The summed E-state index contributed by atoms with van der Waals surface area (Å²) in [5.41, 5.74) is 6.03. The molecule has 2 heterocycles. The van der Waals surface area contributed by atoms with Crippen LogP contribution in [0.25, 0.3) is 11.2 Å². The van der Waals surface area contributed by atoms with Crippen LogP contribution >= 0.6 is 0 Å². The lowest BCUT2D eigenvalue weighted by atomic mass is 10.0. The van der Waals surface area contributed by atoms with Crippen LogP contribution in [0.4, 0.5) is 5.95 Å². The number of H-pyrrole nitrogens is 2. The first-order chi connectivity index (χ1) is 21.6. The SMILES string of the molecule is CCCCCCCCCC(=O)OCC(CC[Si](c1ccccc1)(c1ccccc1)C(C)(C)C)Cc1nc2nc(N)[nH]c(=O)c2[nH]1. The molecule has 2 aromatic heterocycles. The molecule has 0 amide bonds. The first kappa shape index (κ1) is 34.2. The molecule has 0 aliphatic heterocycles. The summed E-state index contributed by atoms with van der Waals surface area (Å²) in [6.45, 7) is 9.60. The molecule has 0 bridgehead atoms. The second-order valence-electron chi connectivity index (χ2n) is 13.4. The van der Waals surface area contributed by atoms with Gasteiger partial charge in [-0.2, -0.15) is 4.98 Å². The number of nitrogens with zero attached hydrogens (tertiary/aromatic N) is 2. The summed E-state index contributed by atoms with van der Waals surface area (Å²) < 4.78 is 5.93. The van der Waals surface area contributed by atoms with E-state index in [2.05, 4.69) is 108 Å². The van der Waals surface area contributed by atoms with E-state index >= 15 is 0 Å². The van der Waals surface area contributed by atoms with E-state index in [0.29, 0.717) is 36.4 Å². The molecule has 4 rings (SSSR count). The van der Waals surface area contributed by atoms with Crippen LogP contribution in [-0.2, 0) is 16.0 Å². The highest BCUT2D eigenvalue weighted by Gasteiger charge is 2.47. The topological polar surface area (TPSA) is 127 Å². The lowest BCUT2D eigenvalue weighted by molar-refractivity contribution is -0.145. The van der Waals surface area contributed by atoms with Gasteiger partial charge in [-0.15, -0.1) is 0 Å². The fourth-order valence-corrected chi connectivity index (χ4v) is 12.4. The summed E-state index contributed by atoms with van der Waals surface area (Å²) in [6, 6.07) is 22.8. The van der Waals surface area contributed by atoms with Gasteiger partial charge in [-0.25, -0.2) is 4.98 Å². The molecule has 0 saturated heterocycles. The van der Waals surface area contributed by atoms with Gasteiger partial charge in [-0.3, -0.25) is 14.6 Å². The molecule has 1 unspecified atom stereocenters. The number of hydrogen-bond acceptors (Lipinski definition) is 6. The maximum absolute atomic E-state index is 12.9. The van der Waals surface area contributed by atoms with Crippen LogP contribution in [0, 0.1) is 5.92 Å². The Labute approximate surface area is 268 Å². The predicted molar refractivity (Wildman–Crippen MR) is 187 cm³/mol. The molecule has 8 nitrogen and oxygen atoms in total. The maximum atomic E-state index is 12.9. The molecule has 0 aliphatic rings. The Morgan fingerprint density at radius 3 is 2.09 bits per heavy atom. The molecule has 0 fully saturated rings. The van der Waals surface area contributed by atoms with Gasteiger partial charge in [-0.05, 0) is 29.8 Å². The number of benzene rings is 2. The fourth-order valence-electron chi connectivity index (χ4n) is 6.66. The third kappa shape index (κ3) is 8.93. The Morgan fingerprint density at radius 1 is 0.889 bits per heavy atom. The van der Waals surface area contributed by atoms with Crippen LogP contribution < -0.4 is 21.7 Å². The number of fused-ring (bicyclic) bond motifs is 1. The minimum absolute atomic E-state index is 0.00151. The fraction of sp³-hybridized carbons (Fsp3) is 0.500. The van der Waals surface area contributed by atoms with E-state index in [9.17, 15) is 9.59 Å². The van der Waals surface area contributed by atoms with Gasteiger partial charge in [-0.1, -0.05) is 137 Å². The van der Waals surface area contributed by atoms with Crippen molar-refractivity contribution in [2.75, 3.05) is 12.3 Å². The minimum atomic E-state index is -2.33. The number of aromatic amines is 2. The zero-order valence-electron chi connectivity index (χ0n) is 27.5. The summed E-state index contributed by atoms with van der Waals surface area (Å²) >= 11 is 0. The van der Waals surface area contributed by atoms with E-state index in [1.54, 1.807) is 0 Å². The number of aromatic nitrogens is 4. The van der Waals surface area contributed by atoms with Gasteiger partial charge in [0.2, 0.25) is 5.95 Å². The number of carbonyl (C=O) groups is 1. The number of nitrogens with two attached hydrogens (primary N) is 1. The third-order valence-corrected chi connectivity index (χ3v) is 15.4. The van der Waals surface area contributed by atoms with Crippen molar-refractivity contribution in [2.24, 2.45) is 5.92 Å². The highest BCUT2D eigenvalue weighted by atomic mass is 28.3. The van der Waals surface area contributed by atoms with E-state index in [1.807, 2.05) is 0 Å². The van der Waals surface area contributed by atoms with Gasteiger partial charge in [0, 0.05) is 12.8 Å². The summed E-state index contributed by atoms with van der Waals surface area (Å²) in [5.74, 6) is 0.536. The number of rotatable bonds is 17. The van der Waals surface area contributed by atoms with Gasteiger partial charge in [0.15, 0.2) is 11.2 Å². The van der Waals surface area contributed by atoms with Gasteiger partial charge in [0.25, 0.3) is 5.56 Å². The lowest BCUT2D eigenvalue weighted by Crippen LogP contribution is -2.64. The average molecular weight is 630 g/mol. The number of imidazole rings is 1. The molecular weight excluding hydrogens is 579 g/mol. The number of hydrogen-bond donors (Lipinski definition) is 3. The summed E-state index contributed by atoms with van der Waals surface area (Å²) in [4.78, 5) is 39.8. The zero-order chi connectivity index (χ0) is 32.3. The minimum Gasteiger partial charge on any atom is -0.465 e. The Balaban J connectivity index is 1.56. The normalized spacial score (nSPS) is 12.8. The zero-order valence-corrected chi connectivity index (χ0v) is 28.5. The van der Waals surface area contributed by atoms with E-state index in [-0.39, 0.29) is 28.4 Å². The van der Waals surface area contributed by atoms with E-state index in [4.69, 9.17) is 10.5 Å². The van der Waals surface area contributed by atoms with Gasteiger partial charge < -0.3 is 15.5 Å². The van der Waals surface area contributed by atoms with Crippen molar-refractivity contribution < 1.29 is 9.53 Å². The number of ether oxygens (including phenoxy) is 1. The van der Waals surface area contributed by atoms with Crippen LogP contribution in [0.5, 0.6) is 0 Å². The molecule has 4 N–H and O–H groups in total. The van der Waals surface area contributed by atoms with Gasteiger partial charge in [0.1, 0.15) is 13.9 Å². The van der Waals surface area contributed by atoms with E-state index in [0.717, 1.165) is 31.7 Å². The van der Waals surface area contributed by atoms with E-state index in [1.165, 1.54) is 36.1 Å². The first-order valence-electron chi connectivity index (χ1n) is 16.6. The number of anilines is 1. The molecule has 1 atom stereocenters. The van der Waals surface area contributed by atoms with Gasteiger partial charge >= 0.3 is 5.97 Å². The molecule has 4 aromatic rings. The highest BCUT2D eigenvalue weighted by molar-refractivity contribution is 7.04. The Kier molecular flexibility index (Phi) is 12.2. The second kappa shape index (κ2) is 16.0. The summed E-state index contributed by atoms with van der Waals surface area (Å²) in [5, 5.41) is 2.81. The van der Waals surface area contributed by atoms with Crippen molar-refractivity contribution in [3.63, 3.8) is 0 Å². The predicted octanol–water partition coefficient (Wildman–Crippen LogP) is 6.52. The quantitative estimate of drug-likeness (QED) is 0.0693. The number of nitrogens with one attached hydrogen (secondary N) is 2. The van der Waals surface area contributed by atoms with Gasteiger partial charge in [0.05, 0.1) is 6.61 Å². The van der Waals surface area contributed by atoms with Crippen LogP contribution in [0.2, 0.25) is 11.1 Å². The number of carbonyl (C=O) groups excluding carboxylic acids is 1. The molecule has 0 saturated carbocycles. The summed E-state index contributed by atoms with van der Waals surface area (Å²) in [7, 11) is -2.33. The highest BCUT2D eigenvalue weighted by Crippen LogP contribution is 2.40. The Morgan fingerprint density at radius 2 is 1.49 bits per heavy atom. The molecule has 45 heavy (non-hydrogen) atoms. The standard InChI is InChI=1S/C36H51N5O3Si/c1-5-6-7-8-9-10-17-22-31(42)44-26-27(25-30-38-32-33(39-30)40-35(37)41-34(32)43)23-24-45(36(2,3)4,28-18-13-11-14-19-28)29-20-15-12-16-21-29/h11-16,18-21,27H,5-10,17,22-26H2,1-4H3,(H4,37,38,39,40,41,43). The van der Waals surface area contributed by atoms with Crippen molar-refractivity contribution in [3.05, 3.63) is 76.8 Å². The third-order valence-electron chi connectivity index (χ3n) is 9.12. The second-order valence-corrected chi connectivity index (χ2v) is 18.3. The largest absolute Gasteiger partial charge is 0.465 e. The maximum Gasteiger partial charge on any atom is 0.305 e. The molecule has 9 heteroatoms. The summed E-state index contributed by atoms with van der Waals surface area (Å²) in [6.07, 6.45) is 9.89. The van der Waals surface area contributed by atoms with Crippen LogP contribution in [-0.4, -0.2) is 40.6 Å². The Bertz CT molecular complexity index is 1510. The molecule has 0 aliphatic carbocycles. The molecule has 2 aromatic carbocycles. The van der Waals surface area contributed by atoms with Crippen LogP contribution in [0.1, 0.15) is 91.3 Å². The first-order valence-corrected chi connectivity index (χ1v) is 18.9. The van der Waals surface area contributed by atoms with Crippen molar-refractivity contribution in [1.29, 1.82) is 0 Å². The molecule has 0 spiro atoms. The average Bonchev–Trinajstić information content (AvgIpc) is 3.42. The molecule has 242 valence electrons. The van der Waals surface area contributed by atoms with Crippen molar-refractivity contribution in [3.8, 4) is 0 Å². The van der Waals surface area contributed by atoms with Crippen LogP contribution in [0.3, 0.4) is 0 Å². The Hall–Kier alpha value is -3.72. The lowest BCUT2D eigenvalue weighted by Gasteiger charge is -2.45. The van der Waals surface area contributed by atoms with Crippen molar-refractivity contribution in [1.82, 2.24) is 19.9 Å². The monoisotopic (exact) mass is 629 g/mol. The van der Waals surface area contributed by atoms with E-state index < -0.39 is 8.07 Å². The molecular formula is C36H51N5O3Si. The van der Waals surface area contributed by atoms with Crippen molar-refractivity contribution in [2.45, 2.75) is 103 Å². The van der Waals surface area contributed by atoms with Crippen molar-refractivity contribution >= 4 is 41.5 Å². The number of unbranched alkanes of at least 4 members (excludes halogenated alkanes) is 6. The van der Waals surface area contributed by atoms with Crippen LogP contribution in [0.15, 0.2) is 65.5 Å². The number of esters is 1. The molecule has 0 radical (unpaired) electrons.